The molecule has 0 aliphatic carbocycles. The number of hydrogen-bond acceptors (Lipinski definition) is 8. The Morgan fingerprint density at radius 1 is 0.744 bits per heavy atom. The number of nitrogens with two attached hydrogens (primary N) is 2. The van der Waals surface area contributed by atoms with Gasteiger partial charge in [-0.15, -0.1) is 0 Å². The van der Waals surface area contributed by atoms with Gasteiger partial charge in [-0.3, -0.25) is 9.11 Å². The average Bonchev–Trinajstić information content (AvgIpc) is 2.89. The SMILES string of the molecule is CCN(Cc1cccc(S(=O)(=O)O)c1)c1ccccc1.Nc1ccc(Nc2ccc(N)cc2S(=O)(=O)O)cc1. The molecule has 0 spiro atoms. The van der Waals surface area contributed by atoms with Gasteiger partial charge in [-0.2, -0.15) is 16.8 Å². The third kappa shape index (κ3) is 8.72. The molecule has 0 aliphatic rings. The number of anilines is 5. The maximum atomic E-state index is 11.3. The highest BCUT2D eigenvalue weighted by Gasteiger charge is 2.16. The van der Waals surface area contributed by atoms with Gasteiger partial charge in [0, 0.05) is 35.8 Å². The average molecular weight is 571 g/mol. The van der Waals surface area contributed by atoms with E-state index < -0.39 is 20.2 Å². The highest BCUT2D eigenvalue weighted by Crippen LogP contribution is 2.27. The summed E-state index contributed by atoms with van der Waals surface area (Å²) in [5, 5.41) is 2.88. The van der Waals surface area contributed by atoms with Crippen LogP contribution in [0.5, 0.6) is 0 Å². The van der Waals surface area contributed by atoms with Gasteiger partial charge in [0.15, 0.2) is 0 Å². The number of nitrogen functional groups attached to an aromatic ring is 2. The lowest BCUT2D eigenvalue weighted by Crippen LogP contribution is -2.21. The molecule has 7 N–H and O–H groups in total. The van der Waals surface area contributed by atoms with Crippen molar-refractivity contribution in [2.75, 3.05) is 28.2 Å². The van der Waals surface area contributed by atoms with E-state index >= 15 is 0 Å². The molecule has 0 atom stereocenters. The molecular weight excluding hydrogens is 540 g/mol. The summed E-state index contributed by atoms with van der Waals surface area (Å²) in [4.78, 5) is 1.78. The van der Waals surface area contributed by atoms with E-state index in [1.165, 1.54) is 30.3 Å². The standard InChI is InChI=1S/C15H17NO3S.C12H13N3O3S/c1-2-16(14-8-4-3-5-9-14)12-13-7-6-10-15(11-13)20(17,18)19;13-8-1-4-10(5-2-8)15-11-6-3-9(14)7-12(11)19(16,17)18/h3-11H,2,12H2,1H3,(H,17,18,19);1-7,15H,13-14H2,(H,16,17,18). The Morgan fingerprint density at radius 2 is 1.38 bits per heavy atom. The molecule has 12 heteroatoms. The molecule has 0 aliphatic heterocycles. The van der Waals surface area contributed by atoms with Crippen molar-refractivity contribution in [3.05, 3.63) is 103 Å². The fourth-order valence-corrected chi connectivity index (χ4v) is 4.86. The molecule has 206 valence electrons. The van der Waals surface area contributed by atoms with Gasteiger partial charge in [0.05, 0.1) is 10.6 Å². The van der Waals surface area contributed by atoms with Crippen molar-refractivity contribution in [2.45, 2.75) is 23.3 Å². The number of rotatable bonds is 8. The molecule has 4 aromatic rings. The molecule has 0 fully saturated rings. The first-order chi connectivity index (χ1) is 18.4. The highest BCUT2D eigenvalue weighted by molar-refractivity contribution is 7.86. The summed E-state index contributed by atoms with van der Waals surface area (Å²) in [6.07, 6.45) is 0. The van der Waals surface area contributed by atoms with E-state index in [4.69, 9.17) is 16.0 Å². The Bertz CT molecular complexity index is 1610. The lowest BCUT2D eigenvalue weighted by Gasteiger charge is -2.23. The zero-order valence-corrected chi connectivity index (χ0v) is 22.7. The maximum Gasteiger partial charge on any atom is 0.296 e. The normalized spacial score (nSPS) is 11.3. The summed E-state index contributed by atoms with van der Waals surface area (Å²) >= 11 is 0. The largest absolute Gasteiger partial charge is 0.399 e. The van der Waals surface area contributed by atoms with Crippen molar-refractivity contribution < 1.29 is 25.9 Å². The topological polar surface area (TPSA) is 176 Å². The Labute approximate surface area is 228 Å². The summed E-state index contributed by atoms with van der Waals surface area (Å²) in [5.74, 6) is 0. The van der Waals surface area contributed by atoms with E-state index in [0.29, 0.717) is 17.9 Å². The van der Waals surface area contributed by atoms with Crippen LogP contribution in [-0.4, -0.2) is 32.5 Å². The predicted molar refractivity (Wildman–Crippen MR) is 154 cm³/mol. The van der Waals surface area contributed by atoms with Crippen LogP contribution < -0.4 is 21.7 Å². The van der Waals surface area contributed by atoms with E-state index in [9.17, 15) is 21.4 Å². The first kappa shape index (κ1) is 29.5. The molecule has 0 heterocycles. The highest BCUT2D eigenvalue weighted by atomic mass is 32.2. The van der Waals surface area contributed by atoms with Gasteiger partial charge in [0.1, 0.15) is 4.90 Å². The van der Waals surface area contributed by atoms with Crippen LogP contribution in [0.3, 0.4) is 0 Å². The molecule has 4 aromatic carbocycles. The van der Waals surface area contributed by atoms with Crippen molar-refractivity contribution in [3.8, 4) is 0 Å². The van der Waals surface area contributed by atoms with E-state index in [1.807, 2.05) is 43.3 Å². The van der Waals surface area contributed by atoms with Crippen molar-refractivity contribution in [3.63, 3.8) is 0 Å². The minimum Gasteiger partial charge on any atom is -0.399 e. The quantitative estimate of drug-likeness (QED) is 0.146. The Morgan fingerprint density at radius 3 is 1.97 bits per heavy atom. The van der Waals surface area contributed by atoms with E-state index in [1.54, 1.807) is 30.3 Å². The first-order valence-electron chi connectivity index (χ1n) is 11.7. The van der Waals surface area contributed by atoms with Gasteiger partial charge < -0.3 is 21.7 Å². The smallest absolute Gasteiger partial charge is 0.296 e. The van der Waals surface area contributed by atoms with Crippen LogP contribution >= 0.6 is 0 Å². The second-order valence-electron chi connectivity index (χ2n) is 8.45. The van der Waals surface area contributed by atoms with E-state index in [2.05, 4.69) is 10.2 Å². The molecule has 0 saturated heterocycles. The summed E-state index contributed by atoms with van der Waals surface area (Å²) in [6, 6.07) is 27.2. The summed E-state index contributed by atoms with van der Waals surface area (Å²) < 4.78 is 63.1. The summed E-state index contributed by atoms with van der Waals surface area (Å²) in [6.45, 7) is 3.43. The third-order valence-corrected chi connectivity index (χ3v) is 7.29. The zero-order chi connectivity index (χ0) is 28.6. The number of nitrogens with zero attached hydrogens (tertiary/aromatic N) is 1. The lowest BCUT2D eigenvalue weighted by atomic mass is 10.2. The molecule has 0 bridgehead atoms. The Kier molecular flexibility index (Phi) is 9.54. The molecule has 0 amide bonds. The molecule has 10 nitrogen and oxygen atoms in total. The van der Waals surface area contributed by atoms with Crippen LogP contribution in [0.1, 0.15) is 12.5 Å². The van der Waals surface area contributed by atoms with Crippen LogP contribution in [0.2, 0.25) is 0 Å². The van der Waals surface area contributed by atoms with Crippen LogP contribution in [0.15, 0.2) is 107 Å². The maximum absolute atomic E-state index is 11.3. The van der Waals surface area contributed by atoms with Crippen molar-refractivity contribution in [1.82, 2.24) is 0 Å². The third-order valence-electron chi connectivity index (χ3n) is 5.55. The Balaban J connectivity index is 0.000000216. The number of benzene rings is 4. The van der Waals surface area contributed by atoms with Crippen LogP contribution in [0.4, 0.5) is 28.4 Å². The number of hydrogen-bond donors (Lipinski definition) is 5. The predicted octanol–water partition coefficient (Wildman–Crippen LogP) is 4.80. The zero-order valence-electron chi connectivity index (χ0n) is 21.1. The Hall–Kier alpha value is -4.10. The van der Waals surface area contributed by atoms with Crippen LogP contribution in [-0.2, 0) is 26.8 Å². The van der Waals surface area contributed by atoms with Gasteiger partial charge in [-0.05, 0) is 79.2 Å². The second-order valence-corrected chi connectivity index (χ2v) is 11.3. The van der Waals surface area contributed by atoms with Crippen LogP contribution in [0.25, 0.3) is 0 Å². The van der Waals surface area contributed by atoms with Crippen molar-refractivity contribution >= 4 is 48.7 Å². The molecular formula is C27H30N4O6S2. The minimum absolute atomic E-state index is 0.0703. The number of para-hydroxylation sites is 1. The molecule has 0 aromatic heterocycles. The first-order valence-corrected chi connectivity index (χ1v) is 14.6. The van der Waals surface area contributed by atoms with Gasteiger partial charge in [-0.1, -0.05) is 30.3 Å². The monoisotopic (exact) mass is 570 g/mol. The molecule has 0 saturated carbocycles. The fraction of sp³-hybridized carbons (Fsp3) is 0.111. The van der Waals surface area contributed by atoms with Gasteiger partial charge >= 0.3 is 0 Å². The molecule has 0 unspecified atom stereocenters. The summed E-state index contributed by atoms with van der Waals surface area (Å²) in [5.41, 5.74) is 14.7. The van der Waals surface area contributed by atoms with Gasteiger partial charge in [0.2, 0.25) is 0 Å². The van der Waals surface area contributed by atoms with Crippen LogP contribution in [0, 0.1) is 0 Å². The second kappa shape index (κ2) is 12.6. The van der Waals surface area contributed by atoms with E-state index in [0.717, 1.165) is 17.8 Å². The van der Waals surface area contributed by atoms with Crippen molar-refractivity contribution in [2.24, 2.45) is 0 Å². The van der Waals surface area contributed by atoms with Gasteiger partial charge in [0.25, 0.3) is 20.2 Å². The molecule has 4 rings (SSSR count). The lowest BCUT2D eigenvalue weighted by molar-refractivity contribution is 0.481. The fourth-order valence-electron chi connectivity index (χ4n) is 3.63. The minimum atomic E-state index is -4.35. The molecule has 0 radical (unpaired) electrons. The van der Waals surface area contributed by atoms with E-state index in [-0.39, 0.29) is 21.2 Å². The van der Waals surface area contributed by atoms with Crippen molar-refractivity contribution in [1.29, 1.82) is 0 Å². The summed E-state index contributed by atoms with van der Waals surface area (Å²) in [7, 11) is -8.50. The number of nitrogens with one attached hydrogen (secondary N) is 1. The molecule has 39 heavy (non-hydrogen) atoms. The van der Waals surface area contributed by atoms with Gasteiger partial charge in [-0.25, -0.2) is 0 Å².